The smallest absolute Gasteiger partial charge is 0.390 e. The van der Waals surface area contributed by atoms with Gasteiger partial charge in [0.15, 0.2) is 0 Å². The van der Waals surface area contributed by atoms with Gasteiger partial charge in [-0.25, -0.2) is 17.8 Å². The van der Waals surface area contributed by atoms with Gasteiger partial charge in [-0.15, -0.1) is 0 Å². The van der Waals surface area contributed by atoms with Gasteiger partial charge in [0.25, 0.3) is 12.0 Å². The molecular formula is C26H32F4N6O5S. The van der Waals surface area contributed by atoms with Crippen molar-refractivity contribution in [2.45, 2.75) is 51.4 Å². The Hall–Kier alpha value is -3.79. The number of pyridine rings is 1. The number of alkyl halides is 3. The lowest BCUT2D eigenvalue weighted by atomic mass is 10.0. The Morgan fingerprint density at radius 3 is 2.40 bits per heavy atom. The van der Waals surface area contributed by atoms with Crippen molar-refractivity contribution in [2.24, 2.45) is 0 Å². The Kier molecular flexibility index (Phi) is 10.5. The molecule has 3 N–H and O–H groups in total. The molecule has 0 spiro atoms. The monoisotopic (exact) mass is 616 g/mol. The van der Waals surface area contributed by atoms with Crippen LogP contribution in [0.2, 0.25) is 0 Å². The summed E-state index contributed by atoms with van der Waals surface area (Å²) < 4.78 is 79.4. The summed E-state index contributed by atoms with van der Waals surface area (Å²) in [5, 5.41) is 10.8. The van der Waals surface area contributed by atoms with Gasteiger partial charge in [-0.05, 0) is 70.6 Å². The number of hydrogen-bond acceptors (Lipinski definition) is 8. The molecule has 0 amide bonds. The number of likely N-dealkylation sites (tertiary alicyclic amines) is 1. The van der Waals surface area contributed by atoms with Gasteiger partial charge in [0.05, 0.1) is 17.9 Å². The molecule has 0 unspecified atom stereocenters. The average Bonchev–Trinajstić information content (AvgIpc) is 2.89. The molecule has 1 aromatic carbocycles. The lowest BCUT2D eigenvalue weighted by molar-refractivity contribution is -0.130. The quantitative estimate of drug-likeness (QED) is 0.252. The molecule has 42 heavy (non-hydrogen) atoms. The Balaban J connectivity index is 0.00000155. The maximum absolute atomic E-state index is 14.9. The van der Waals surface area contributed by atoms with Gasteiger partial charge in [0, 0.05) is 29.2 Å². The molecule has 11 nitrogen and oxygen atoms in total. The third-order valence-electron chi connectivity index (χ3n) is 6.54. The summed E-state index contributed by atoms with van der Waals surface area (Å²) in [4.78, 5) is 33.1. The molecule has 3 aromatic rings. The zero-order valence-electron chi connectivity index (χ0n) is 23.2. The minimum absolute atomic E-state index is 0.140. The second kappa shape index (κ2) is 13.5. The Bertz CT molecular complexity index is 1570. The molecule has 16 heteroatoms. The Labute approximate surface area is 239 Å². The molecule has 1 saturated heterocycles. The van der Waals surface area contributed by atoms with Crippen LogP contribution in [0.4, 0.5) is 29.2 Å². The topological polar surface area (TPSA) is 147 Å². The van der Waals surface area contributed by atoms with E-state index in [2.05, 4.69) is 27.2 Å². The van der Waals surface area contributed by atoms with Crippen LogP contribution >= 0.6 is 0 Å². The number of piperidine rings is 1. The van der Waals surface area contributed by atoms with E-state index in [4.69, 9.17) is 9.90 Å². The second-order valence-corrected chi connectivity index (χ2v) is 11.9. The van der Waals surface area contributed by atoms with Crippen molar-refractivity contribution in [3.05, 3.63) is 46.6 Å². The molecule has 4 rings (SSSR count). The molecule has 3 heterocycles. The van der Waals surface area contributed by atoms with Crippen LogP contribution in [0.3, 0.4) is 0 Å². The zero-order valence-corrected chi connectivity index (χ0v) is 24.0. The van der Waals surface area contributed by atoms with Crippen LogP contribution in [0.1, 0.15) is 39.2 Å². The number of nitrogens with zero attached hydrogens (tertiary/aromatic N) is 4. The number of carboxylic acid groups (broad SMARTS) is 1. The van der Waals surface area contributed by atoms with E-state index in [1.54, 1.807) is 6.20 Å². The predicted octanol–water partition coefficient (Wildman–Crippen LogP) is 4.08. The molecule has 0 bridgehead atoms. The summed E-state index contributed by atoms with van der Waals surface area (Å²) in [6.07, 6.45) is -2.77. The van der Waals surface area contributed by atoms with Crippen molar-refractivity contribution in [3.8, 4) is 11.1 Å². The maximum atomic E-state index is 14.9. The van der Waals surface area contributed by atoms with Gasteiger partial charge in [0.2, 0.25) is 16.0 Å². The Morgan fingerprint density at radius 1 is 1.19 bits per heavy atom. The van der Waals surface area contributed by atoms with E-state index >= 15 is 0 Å². The Morgan fingerprint density at radius 2 is 1.83 bits per heavy atom. The summed E-state index contributed by atoms with van der Waals surface area (Å²) in [6, 6.07) is 4.82. The molecule has 0 aliphatic carbocycles. The highest BCUT2D eigenvalue weighted by Crippen LogP contribution is 2.27. The number of halogens is 4. The molecule has 1 fully saturated rings. The first-order valence-electron chi connectivity index (χ1n) is 13.0. The van der Waals surface area contributed by atoms with E-state index in [1.807, 2.05) is 18.6 Å². The third-order valence-corrected chi connectivity index (χ3v) is 7.81. The highest BCUT2D eigenvalue weighted by molar-refractivity contribution is 7.92. The fraction of sp³-hybridized carbons (Fsp3) is 0.462. The van der Waals surface area contributed by atoms with Crippen LogP contribution in [-0.4, -0.2) is 77.5 Å². The standard InChI is InChI=1S/C25H30F4N6O3S.CH2O2/c1-15(2)35-22-17(14-30-24(32-22)31-18-6-9-34(3)10-7-18)12-19(23(35)36)16-4-5-21(20(26)13-16)33-39(37,38)11-8-25(27,28)29;2-1-3/h4-5,12-15,18,33H,6-11H2,1-3H3,(H,30,31,32);1H,(H,2,3). The van der Waals surface area contributed by atoms with Gasteiger partial charge >= 0.3 is 6.18 Å². The van der Waals surface area contributed by atoms with Crippen molar-refractivity contribution in [3.63, 3.8) is 0 Å². The van der Waals surface area contributed by atoms with Gasteiger partial charge in [-0.3, -0.25) is 18.9 Å². The molecule has 0 atom stereocenters. The number of aromatic nitrogens is 3. The van der Waals surface area contributed by atoms with E-state index in [9.17, 15) is 30.8 Å². The minimum Gasteiger partial charge on any atom is -0.483 e. The number of nitrogens with one attached hydrogen (secondary N) is 2. The largest absolute Gasteiger partial charge is 0.483 e. The van der Waals surface area contributed by atoms with Crippen LogP contribution < -0.4 is 15.6 Å². The van der Waals surface area contributed by atoms with E-state index in [1.165, 1.54) is 16.7 Å². The SMILES string of the molecule is CC(C)n1c(=O)c(-c2ccc(NS(=O)(=O)CCC(F)(F)F)c(F)c2)cc2cnc(NC3CCN(C)CC3)nc21.O=CO. The fourth-order valence-corrected chi connectivity index (χ4v) is 5.55. The van der Waals surface area contributed by atoms with E-state index < -0.39 is 45.4 Å². The van der Waals surface area contributed by atoms with E-state index in [-0.39, 0.29) is 29.7 Å². The van der Waals surface area contributed by atoms with Crippen molar-refractivity contribution in [1.82, 2.24) is 19.4 Å². The van der Waals surface area contributed by atoms with Gasteiger partial charge in [-0.1, -0.05) is 6.07 Å². The first-order chi connectivity index (χ1) is 19.6. The zero-order chi connectivity index (χ0) is 31.2. The van der Waals surface area contributed by atoms with Crippen LogP contribution in [0.15, 0.2) is 35.3 Å². The summed E-state index contributed by atoms with van der Waals surface area (Å²) >= 11 is 0. The van der Waals surface area contributed by atoms with Crippen molar-refractivity contribution in [1.29, 1.82) is 0 Å². The highest BCUT2D eigenvalue weighted by Gasteiger charge is 2.30. The number of anilines is 2. The third kappa shape index (κ3) is 8.61. The van der Waals surface area contributed by atoms with Gasteiger partial charge in [0.1, 0.15) is 11.5 Å². The van der Waals surface area contributed by atoms with Gasteiger partial charge < -0.3 is 15.3 Å². The van der Waals surface area contributed by atoms with Crippen molar-refractivity contribution < 1.29 is 35.9 Å². The summed E-state index contributed by atoms with van der Waals surface area (Å²) in [5.41, 5.74) is -0.223. The number of sulfonamides is 1. The van der Waals surface area contributed by atoms with Crippen LogP contribution in [0.25, 0.3) is 22.2 Å². The van der Waals surface area contributed by atoms with Crippen LogP contribution in [-0.2, 0) is 14.8 Å². The lowest BCUT2D eigenvalue weighted by Crippen LogP contribution is -2.37. The molecule has 1 aliphatic heterocycles. The summed E-state index contributed by atoms with van der Waals surface area (Å²) in [5.74, 6) is -1.87. The maximum Gasteiger partial charge on any atom is 0.390 e. The number of fused-ring (bicyclic) bond motifs is 1. The summed E-state index contributed by atoms with van der Waals surface area (Å²) in [7, 11) is -2.37. The normalized spacial score (nSPS) is 14.9. The molecule has 2 aromatic heterocycles. The molecular weight excluding hydrogens is 584 g/mol. The second-order valence-electron chi connectivity index (χ2n) is 10.1. The van der Waals surface area contributed by atoms with Crippen molar-refractivity contribution in [2.75, 3.05) is 35.9 Å². The number of benzene rings is 1. The number of carbonyl (C=O) groups is 1. The fourth-order valence-electron chi connectivity index (χ4n) is 4.45. The van der Waals surface area contributed by atoms with E-state index in [0.717, 1.165) is 38.1 Å². The minimum atomic E-state index is -4.67. The summed E-state index contributed by atoms with van der Waals surface area (Å²) in [6.45, 7) is 5.29. The van der Waals surface area contributed by atoms with Crippen LogP contribution in [0.5, 0.6) is 0 Å². The number of rotatable bonds is 8. The number of hydrogen-bond donors (Lipinski definition) is 3. The molecule has 1 aliphatic rings. The molecule has 0 saturated carbocycles. The van der Waals surface area contributed by atoms with Crippen LogP contribution in [0, 0.1) is 5.82 Å². The first kappa shape index (κ1) is 32.7. The lowest BCUT2D eigenvalue weighted by Gasteiger charge is -2.29. The van der Waals surface area contributed by atoms with Crippen molar-refractivity contribution >= 4 is 39.2 Å². The highest BCUT2D eigenvalue weighted by atomic mass is 32.2. The van der Waals surface area contributed by atoms with Gasteiger partial charge in [-0.2, -0.15) is 18.2 Å². The van der Waals surface area contributed by atoms with E-state index in [0.29, 0.717) is 17.0 Å². The average molecular weight is 617 g/mol. The molecule has 0 radical (unpaired) electrons. The first-order valence-corrected chi connectivity index (χ1v) is 14.6. The molecule has 230 valence electrons. The predicted molar refractivity (Wildman–Crippen MR) is 150 cm³/mol.